The van der Waals surface area contributed by atoms with Crippen LogP contribution in [-0.4, -0.2) is 18.1 Å². The van der Waals surface area contributed by atoms with Crippen molar-refractivity contribution in [2.75, 3.05) is 7.11 Å². The lowest BCUT2D eigenvalue weighted by molar-refractivity contribution is -0.142. The number of allylic oxidation sites excluding steroid dienone is 1. The lowest BCUT2D eigenvalue weighted by Crippen LogP contribution is -2.20. The van der Waals surface area contributed by atoms with Crippen molar-refractivity contribution in [2.45, 2.75) is 25.7 Å². The minimum Gasteiger partial charge on any atom is -0.469 e. The van der Waals surface area contributed by atoms with Crippen molar-refractivity contribution in [2.24, 2.45) is 0 Å². The summed E-state index contributed by atoms with van der Waals surface area (Å²) in [6.07, 6.45) is 3.39. The first-order chi connectivity index (χ1) is 7.63. The quantitative estimate of drug-likeness (QED) is 0.678. The van der Waals surface area contributed by atoms with E-state index >= 15 is 0 Å². The number of fused-ring (bicyclic) bond motifs is 1. The number of aromatic nitrogens is 1. The number of methoxy groups -OCH3 is 1. The van der Waals surface area contributed by atoms with Gasteiger partial charge in [-0.1, -0.05) is 12.6 Å². The van der Waals surface area contributed by atoms with Gasteiger partial charge in [0.25, 0.3) is 0 Å². The summed E-state index contributed by atoms with van der Waals surface area (Å²) in [6.45, 7) is 5.96. The van der Waals surface area contributed by atoms with Crippen LogP contribution in [0.4, 0.5) is 0 Å². The first-order valence-corrected chi connectivity index (χ1v) is 5.36. The van der Waals surface area contributed by atoms with Gasteiger partial charge in [0.15, 0.2) is 0 Å². The number of ether oxygens (including phenoxy) is 1. The van der Waals surface area contributed by atoms with E-state index in [1.54, 1.807) is 0 Å². The van der Waals surface area contributed by atoms with Crippen LogP contribution in [0.5, 0.6) is 0 Å². The van der Waals surface area contributed by atoms with E-state index in [1.807, 2.05) is 19.2 Å². The molecule has 0 radical (unpaired) electrons. The molecule has 0 spiro atoms. The molecule has 0 aliphatic heterocycles. The van der Waals surface area contributed by atoms with Gasteiger partial charge in [0.05, 0.1) is 18.7 Å². The summed E-state index contributed by atoms with van der Waals surface area (Å²) >= 11 is 0. The maximum atomic E-state index is 11.7. The van der Waals surface area contributed by atoms with Gasteiger partial charge >= 0.3 is 5.97 Å². The van der Waals surface area contributed by atoms with Crippen LogP contribution in [0.3, 0.4) is 0 Å². The van der Waals surface area contributed by atoms with Crippen LogP contribution in [0.15, 0.2) is 18.8 Å². The van der Waals surface area contributed by atoms with Gasteiger partial charge in [-0.05, 0) is 36.5 Å². The average molecular weight is 217 g/mol. The summed E-state index contributed by atoms with van der Waals surface area (Å²) in [6, 6.07) is 2.01. The SMILES string of the molecule is C=C1CCC(C(=O)OC)c2cc(C)cnc21. The third-order valence-electron chi connectivity index (χ3n) is 2.98. The summed E-state index contributed by atoms with van der Waals surface area (Å²) in [5.41, 5.74) is 3.90. The van der Waals surface area contributed by atoms with Gasteiger partial charge in [-0.2, -0.15) is 0 Å². The van der Waals surface area contributed by atoms with Gasteiger partial charge in [0.2, 0.25) is 0 Å². The Morgan fingerprint density at radius 1 is 1.62 bits per heavy atom. The number of esters is 1. The monoisotopic (exact) mass is 217 g/mol. The zero-order valence-electron chi connectivity index (χ0n) is 9.62. The maximum Gasteiger partial charge on any atom is 0.313 e. The molecule has 16 heavy (non-hydrogen) atoms. The van der Waals surface area contributed by atoms with Crippen LogP contribution >= 0.6 is 0 Å². The van der Waals surface area contributed by atoms with Crippen molar-refractivity contribution < 1.29 is 9.53 Å². The molecule has 0 aromatic carbocycles. The molecule has 0 saturated carbocycles. The van der Waals surface area contributed by atoms with E-state index in [-0.39, 0.29) is 11.9 Å². The highest BCUT2D eigenvalue weighted by Gasteiger charge is 2.29. The topological polar surface area (TPSA) is 39.2 Å². The van der Waals surface area contributed by atoms with E-state index in [0.717, 1.165) is 35.2 Å². The Bertz CT molecular complexity index is 451. The highest BCUT2D eigenvalue weighted by atomic mass is 16.5. The van der Waals surface area contributed by atoms with Crippen LogP contribution in [0.1, 0.15) is 35.6 Å². The number of hydrogen-bond acceptors (Lipinski definition) is 3. The zero-order chi connectivity index (χ0) is 11.7. The first-order valence-electron chi connectivity index (χ1n) is 5.36. The molecule has 0 saturated heterocycles. The van der Waals surface area contributed by atoms with Gasteiger partial charge in [0, 0.05) is 6.20 Å². The minimum absolute atomic E-state index is 0.179. The third kappa shape index (κ3) is 1.73. The predicted molar refractivity (Wildman–Crippen MR) is 62.0 cm³/mol. The second-order valence-electron chi connectivity index (χ2n) is 4.17. The highest BCUT2D eigenvalue weighted by molar-refractivity contribution is 5.82. The summed E-state index contributed by atoms with van der Waals surface area (Å²) < 4.78 is 4.83. The Morgan fingerprint density at radius 3 is 3.06 bits per heavy atom. The Morgan fingerprint density at radius 2 is 2.38 bits per heavy atom. The van der Waals surface area contributed by atoms with Crippen molar-refractivity contribution in [3.8, 4) is 0 Å². The van der Waals surface area contributed by atoms with Crippen LogP contribution in [0.25, 0.3) is 5.57 Å². The normalized spacial score (nSPS) is 19.1. The molecule has 1 unspecified atom stereocenters. The number of carbonyl (C=O) groups is 1. The average Bonchev–Trinajstić information content (AvgIpc) is 2.28. The van der Waals surface area contributed by atoms with E-state index in [4.69, 9.17) is 4.74 Å². The lowest BCUT2D eigenvalue weighted by Gasteiger charge is -2.24. The van der Waals surface area contributed by atoms with Crippen molar-refractivity contribution in [1.82, 2.24) is 4.98 Å². The number of pyridine rings is 1. The molecule has 0 N–H and O–H groups in total. The van der Waals surface area contributed by atoms with Gasteiger partial charge in [0.1, 0.15) is 0 Å². The number of nitrogens with zero attached hydrogens (tertiary/aromatic N) is 1. The Labute approximate surface area is 95.2 Å². The van der Waals surface area contributed by atoms with Gasteiger partial charge < -0.3 is 4.74 Å². The zero-order valence-corrected chi connectivity index (χ0v) is 9.62. The van der Waals surface area contributed by atoms with Crippen molar-refractivity contribution in [1.29, 1.82) is 0 Å². The number of aryl methyl sites for hydroxylation is 1. The van der Waals surface area contributed by atoms with Crippen LogP contribution in [-0.2, 0) is 9.53 Å². The largest absolute Gasteiger partial charge is 0.469 e. The molecule has 1 aliphatic carbocycles. The summed E-state index contributed by atoms with van der Waals surface area (Å²) in [4.78, 5) is 16.0. The van der Waals surface area contributed by atoms with E-state index in [9.17, 15) is 4.79 Å². The molecule has 3 nitrogen and oxygen atoms in total. The number of carbonyl (C=O) groups excluding carboxylic acids is 1. The molecular formula is C13H15NO2. The molecule has 1 aromatic rings. The number of hydrogen-bond donors (Lipinski definition) is 0. The highest BCUT2D eigenvalue weighted by Crippen LogP contribution is 2.37. The van der Waals surface area contributed by atoms with E-state index in [0.29, 0.717) is 0 Å². The second kappa shape index (κ2) is 4.08. The van der Waals surface area contributed by atoms with Crippen LogP contribution in [0, 0.1) is 6.92 Å². The maximum absolute atomic E-state index is 11.7. The van der Waals surface area contributed by atoms with Crippen LogP contribution < -0.4 is 0 Å². The fourth-order valence-corrected chi connectivity index (χ4v) is 2.13. The first kappa shape index (κ1) is 10.9. The molecule has 1 aliphatic rings. The minimum atomic E-state index is -0.183. The molecular weight excluding hydrogens is 202 g/mol. The molecule has 1 atom stereocenters. The molecule has 1 heterocycles. The Balaban J connectivity index is 2.49. The van der Waals surface area contributed by atoms with Crippen molar-refractivity contribution >= 4 is 11.5 Å². The van der Waals surface area contributed by atoms with Crippen molar-refractivity contribution in [3.63, 3.8) is 0 Å². The predicted octanol–water partition coefficient (Wildman–Crippen LogP) is 2.45. The molecule has 1 aromatic heterocycles. The van der Waals surface area contributed by atoms with E-state index in [2.05, 4.69) is 11.6 Å². The van der Waals surface area contributed by atoms with E-state index < -0.39 is 0 Å². The summed E-state index contributed by atoms with van der Waals surface area (Å²) in [7, 11) is 1.43. The van der Waals surface area contributed by atoms with Gasteiger partial charge in [-0.25, -0.2) is 0 Å². The smallest absolute Gasteiger partial charge is 0.313 e. The second-order valence-corrected chi connectivity index (χ2v) is 4.17. The summed E-state index contributed by atoms with van der Waals surface area (Å²) in [5.74, 6) is -0.362. The molecule has 84 valence electrons. The lowest BCUT2D eigenvalue weighted by atomic mass is 9.83. The molecule has 2 rings (SSSR count). The van der Waals surface area contributed by atoms with Gasteiger partial charge in [-0.3, -0.25) is 9.78 Å². The summed E-state index contributed by atoms with van der Waals surface area (Å²) in [5, 5.41) is 0. The molecule has 0 amide bonds. The van der Waals surface area contributed by atoms with E-state index in [1.165, 1.54) is 7.11 Å². The standard InChI is InChI=1S/C13H15NO2/c1-8-6-11-10(13(15)16-3)5-4-9(2)12(11)14-7-8/h6-7,10H,2,4-5H2,1,3H3. The number of rotatable bonds is 1. The third-order valence-corrected chi connectivity index (χ3v) is 2.98. The van der Waals surface area contributed by atoms with Crippen LogP contribution in [0.2, 0.25) is 0 Å². The Kier molecular flexibility index (Phi) is 2.77. The molecule has 0 fully saturated rings. The van der Waals surface area contributed by atoms with Gasteiger partial charge in [-0.15, -0.1) is 0 Å². The van der Waals surface area contributed by atoms with Crippen molar-refractivity contribution in [3.05, 3.63) is 35.7 Å². The fourth-order valence-electron chi connectivity index (χ4n) is 2.13. The molecule has 0 bridgehead atoms. The Hall–Kier alpha value is -1.64. The molecule has 3 heteroatoms. The fraction of sp³-hybridized carbons (Fsp3) is 0.385.